The number of carbonyl (C=O) groups is 1. The number of nitrogens with zero attached hydrogens (tertiary/aromatic N) is 1. The molecule has 1 amide bonds. The number of likely N-dealkylation sites (N-methyl/N-ethyl adjacent to an activating group) is 1. The molecule has 0 spiro atoms. The molecule has 0 rings (SSSR count). The molecule has 3 unspecified atom stereocenters. The van der Waals surface area contributed by atoms with E-state index in [2.05, 4.69) is 19.2 Å². The molecule has 0 saturated carbocycles. The van der Waals surface area contributed by atoms with Crippen molar-refractivity contribution >= 4 is 13.7 Å². The Balaban J connectivity index is 4.30. The molecule has 0 aromatic rings. The van der Waals surface area contributed by atoms with Gasteiger partial charge in [-0.15, -0.1) is 0 Å². The maximum atomic E-state index is 12.9. The summed E-state index contributed by atoms with van der Waals surface area (Å²) in [5.74, 6) is -0.174. The van der Waals surface area contributed by atoms with Gasteiger partial charge >= 0.3 is 7.82 Å². The van der Waals surface area contributed by atoms with E-state index in [0.717, 1.165) is 32.1 Å². The number of allylic oxidation sites excluding steroid dienone is 1. The van der Waals surface area contributed by atoms with Gasteiger partial charge in [0.2, 0.25) is 5.91 Å². The maximum absolute atomic E-state index is 12.9. The van der Waals surface area contributed by atoms with Crippen molar-refractivity contribution < 1.29 is 32.9 Å². The molecule has 0 bridgehead atoms. The largest absolute Gasteiger partial charge is 0.472 e. The van der Waals surface area contributed by atoms with Gasteiger partial charge in [-0.25, -0.2) is 4.57 Å². The van der Waals surface area contributed by atoms with E-state index < -0.39 is 20.0 Å². The Labute approximate surface area is 354 Å². The SMILES string of the molecule is CCCCCCCCCCCCCCCCCCCCC/C=C/C(O)C(COP(=O)(O)OCC[N+](C)(C)C)NC(=O)CCCCCCCCCCCCCCCC. The molecular weight excluding hydrogens is 732 g/mol. The predicted octanol–water partition coefficient (Wildman–Crippen LogP) is 13.9. The number of nitrogens with one attached hydrogen (secondary N) is 1. The van der Waals surface area contributed by atoms with Crippen LogP contribution in [0.2, 0.25) is 0 Å². The van der Waals surface area contributed by atoms with Crippen LogP contribution in [0.15, 0.2) is 12.2 Å². The van der Waals surface area contributed by atoms with E-state index in [1.165, 1.54) is 186 Å². The fourth-order valence-corrected chi connectivity index (χ4v) is 8.07. The van der Waals surface area contributed by atoms with Crippen LogP contribution in [-0.2, 0) is 18.4 Å². The lowest BCUT2D eigenvalue weighted by molar-refractivity contribution is -0.870. The molecule has 0 aliphatic carbocycles. The summed E-state index contributed by atoms with van der Waals surface area (Å²) in [7, 11) is 1.58. The van der Waals surface area contributed by atoms with Crippen LogP contribution < -0.4 is 5.32 Å². The summed E-state index contributed by atoms with van der Waals surface area (Å²) in [5.41, 5.74) is 0. The van der Waals surface area contributed by atoms with Crippen molar-refractivity contribution in [2.45, 2.75) is 251 Å². The van der Waals surface area contributed by atoms with E-state index in [9.17, 15) is 19.4 Å². The Kier molecular flexibility index (Phi) is 40.1. The molecule has 340 valence electrons. The standard InChI is InChI=1S/C48H97N2O6P/c1-6-8-10-12-14-16-18-20-22-23-24-25-26-27-28-29-31-33-35-37-39-41-47(51)46(45-56-57(53,54)55-44-43-50(3,4)5)49-48(52)42-40-38-36-34-32-30-21-19-17-15-13-11-9-7-2/h39,41,46-47,51H,6-38,40,42-45H2,1-5H3,(H-,49,52,53,54)/p+1/b41-39+. The molecule has 0 aromatic carbocycles. The first-order valence-corrected chi connectivity index (χ1v) is 26.1. The van der Waals surface area contributed by atoms with Crippen molar-refractivity contribution in [1.29, 1.82) is 0 Å². The summed E-state index contributed by atoms with van der Waals surface area (Å²) in [6, 6.07) is -0.840. The number of carbonyl (C=O) groups excluding carboxylic acids is 1. The van der Waals surface area contributed by atoms with Crippen LogP contribution in [0.1, 0.15) is 239 Å². The second-order valence-corrected chi connectivity index (χ2v) is 19.7. The Hall–Kier alpha value is -0.760. The zero-order valence-corrected chi connectivity index (χ0v) is 39.5. The number of unbranched alkanes of at least 4 members (excludes halogenated alkanes) is 32. The molecule has 9 heteroatoms. The first-order valence-electron chi connectivity index (χ1n) is 24.6. The molecule has 0 aromatic heterocycles. The number of aliphatic hydroxyl groups is 1. The average molecular weight is 830 g/mol. The Bertz CT molecular complexity index is 942. The van der Waals surface area contributed by atoms with E-state index in [1.54, 1.807) is 6.08 Å². The van der Waals surface area contributed by atoms with Crippen LogP contribution in [-0.4, -0.2) is 73.4 Å². The molecule has 3 N–H and O–H groups in total. The molecule has 3 atom stereocenters. The molecule has 0 radical (unpaired) electrons. The Morgan fingerprint density at radius 2 is 0.930 bits per heavy atom. The third-order valence-electron chi connectivity index (χ3n) is 11.3. The first kappa shape index (κ1) is 56.2. The topological polar surface area (TPSA) is 105 Å². The van der Waals surface area contributed by atoms with Gasteiger partial charge in [-0.3, -0.25) is 13.8 Å². The molecule has 0 fully saturated rings. The minimum atomic E-state index is -4.33. The van der Waals surface area contributed by atoms with E-state index >= 15 is 0 Å². The molecule has 0 saturated heterocycles. The molecule has 0 aliphatic rings. The van der Waals surface area contributed by atoms with E-state index in [-0.39, 0.29) is 19.1 Å². The Morgan fingerprint density at radius 1 is 0.579 bits per heavy atom. The summed E-state index contributed by atoms with van der Waals surface area (Å²) in [6.45, 7) is 4.84. The van der Waals surface area contributed by atoms with Crippen molar-refractivity contribution in [2.24, 2.45) is 0 Å². The summed E-state index contributed by atoms with van der Waals surface area (Å²) in [6.07, 6.45) is 47.1. The second kappa shape index (κ2) is 40.6. The van der Waals surface area contributed by atoms with Gasteiger partial charge in [-0.1, -0.05) is 225 Å². The lowest BCUT2D eigenvalue weighted by atomic mass is 10.0. The highest BCUT2D eigenvalue weighted by Gasteiger charge is 2.27. The van der Waals surface area contributed by atoms with Gasteiger partial charge in [0.1, 0.15) is 13.2 Å². The van der Waals surface area contributed by atoms with E-state index in [0.29, 0.717) is 17.4 Å². The van der Waals surface area contributed by atoms with Crippen LogP contribution in [0.4, 0.5) is 0 Å². The van der Waals surface area contributed by atoms with Gasteiger partial charge in [-0.2, -0.15) is 0 Å². The zero-order chi connectivity index (χ0) is 42.1. The minimum Gasteiger partial charge on any atom is -0.387 e. The van der Waals surface area contributed by atoms with Crippen LogP contribution in [0.25, 0.3) is 0 Å². The van der Waals surface area contributed by atoms with Gasteiger partial charge in [0.15, 0.2) is 0 Å². The van der Waals surface area contributed by atoms with Crippen molar-refractivity contribution in [3.63, 3.8) is 0 Å². The lowest BCUT2D eigenvalue weighted by Crippen LogP contribution is -2.45. The molecule has 0 heterocycles. The lowest BCUT2D eigenvalue weighted by Gasteiger charge is -2.25. The summed E-state index contributed by atoms with van der Waals surface area (Å²) in [5, 5.41) is 13.9. The number of rotatable bonds is 45. The second-order valence-electron chi connectivity index (χ2n) is 18.2. The number of hydrogen-bond donors (Lipinski definition) is 3. The molecule has 57 heavy (non-hydrogen) atoms. The number of quaternary nitrogens is 1. The summed E-state index contributed by atoms with van der Waals surface area (Å²) >= 11 is 0. The Morgan fingerprint density at radius 3 is 1.30 bits per heavy atom. The van der Waals surface area contributed by atoms with Crippen LogP contribution in [0, 0.1) is 0 Å². The van der Waals surface area contributed by atoms with Crippen molar-refractivity contribution in [2.75, 3.05) is 40.9 Å². The average Bonchev–Trinajstić information content (AvgIpc) is 3.16. The fraction of sp³-hybridized carbons (Fsp3) is 0.938. The third kappa shape index (κ3) is 43.1. The highest BCUT2D eigenvalue weighted by Crippen LogP contribution is 2.43. The number of aliphatic hydroxyl groups excluding tert-OH is 1. The van der Waals surface area contributed by atoms with E-state index in [1.807, 2.05) is 27.2 Å². The van der Waals surface area contributed by atoms with Crippen LogP contribution >= 0.6 is 7.82 Å². The predicted molar refractivity (Wildman–Crippen MR) is 245 cm³/mol. The van der Waals surface area contributed by atoms with Crippen LogP contribution in [0.3, 0.4) is 0 Å². The minimum absolute atomic E-state index is 0.0648. The first-order chi connectivity index (χ1) is 27.5. The van der Waals surface area contributed by atoms with Gasteiger partial charge in [0.25, 0.3) is 0 Å². The maximum Gasteiger partial charge on any atom is 0.472 e. The normalized spacial score (nSPS) is 14.3. The zero-order valence-electron chi connectivity index (χ0n) is 38.6. The number of phosphoric acid groups is 1. The van der Waals surface area contributed by atoms with Gasteiger partial charge < -0.3 is 19.8 Å². The smallest absolute Gasteiger partial charge is 0.387 e. The monoisotopic (exact) mass is 830 g/mol. The van der Waals surface area contributed by atoms with Gasteiger partial charge in [0.05, 0.1) is 39.9 Å². The summed E-state index contributed by atoms with van der Waals surface area (Å²) in [4.78, 5) is 23.1. The molecule has 8 nitrogen and oxygen atoms in total. The third-order valence-corrected chi connectivity index (χ3v) is 12.2. The highest BCUT2D eigenvalue weighted by atomic mass is 31.2. The van der Waals surface area contributed by atoms with Crippen molar-refractivity contribution in [3.05, 3.63) is 12.2 Å². The van der Waals surface area contributed by atoms with Gasteiger partial charge in [-0.05, 0) is 19.3 Å². The van der Waals surface area contributed by atoms with Gasteiger partial charge in [0, 0.05) is 6.42 Å². The van der Waals surface area contributed by atoms with E-state index in [4.69, 9.17) is 9.05 Å². The summed E-state index contributed by atoms with van der Waals surface area (Å²) < 4.78 is 23.6. The quantitative estimate of drug-likeness (QED) is 0.0244. The number of phosphoric ester groups is 1. The van der Waals surface area contributed by atoms with Crippen molar-refractivity contribution in [1.82, 2.24) is 5.32 Å². The molecule has 0 aliphatic heterocycles. The fourth-order valence-electron chi connectivity index (χ4n) is 7.34. The van der Waals surface area contributed by atoms with Crippen LogP contribution in [0.5, 0.6) is 0 Å². The highest BCUT2D eigenvalue weighted by molar-refractivity contribution is 7.47. The van der Waals surface area contributed by atoms with Crippen molar-refractivity contribution in [3.8, 4) is 0 Å². The molecular formula is C48H98N2O6P+. The number of hydrogen-bond acceptors (Lipinski definition) is 5. The number of amides is 1.